The van der Waals surface area contributed by atoms with Gasteiger partial charge in [0.15, 0.2) is 0 Å². The van der Waals surface area contributed by atoms with Crippen LogP contribution in [0.3, 0.4) is 0 Å². The van der Waals surface area contributed by atoms with Crippen molar-refractivity contribution in [2.75, 3.05) is 13.2 Å². The highest BCUT2D eigenvalue weighted by Gasteiger charge is 2.26. The first kappa shape index (κ1) is 8.98. The number of hydrogen-bond acceptors (Lipinski definition) is 1. The maximum Gasteiger partial charge on any atom is 0.0906 e. The van der Waals surface area contributed by atoms with Gasteiger partial charge in [-0.15, -0.1) is 0 Å². The molecule has 66 valence electrons. The van der Waals surface area contributed by atoms with Crippen LogP contribution in [0.15, 0.2) is 0 Å². The number of halogens is 1. The van der Waals surface area contributed by atoms with E-state index in [9.17, 15) is 4.39 Å². The fraction of sp³-hybridized carbons (Fsp3) is 1.00. The summed E-state index contributed by atoms with van der Waals surface area (Å²) in [5, 5.41) is 3.42. The summed E-state index contributed by atoms with van der Waals surface area (Å²) in [6.45, 7) is 2.90. The van der Waals surface area contributed by atoms with Gasteiger partial charge in [-0.25, -0.2) is 0 Å². The smallest absolute Gasteiger partial charge is 0.0906 e. The third-order valence-electron chi connectivity index (χ3n) is 2.57. The number of nitrogens with one attached hydrogen (secondary N) is 1. The van der Waals surface area contributed by atoms with E-state index >= 15 is 0 Å². The summed E-state index contributed by atoms with van der Waals surface area (Å²) in [5.74, 6) is 0. The maximum atomic E-state index is 11.8. The summed E-state index contributed by atoms with van der Waals surface area (Å²) in [6, 6.07) is 0. The highest BCUT2D eigenvalue weighted by Crippen LogP contribution is 2.28. The quantitative estimate of drug-likeness (QED) is 0.620. The standard InChI is InChI=1S/C9H18FN/c1-9(5-2-3-6-9)11-8-4-7-10/h11H,2-8H2,1H3. The van der Waals surface area contributed by atoms with Crippen LogP contribution in [-0.4, -0.2) is 18.8 Å². The molecular formula is C9H18FN. The first-order chi connectivity index (χ1) is 5.27. The zero-order valence-electron chi connectivity index (χ0n) is 7.33. The second-order valence-corrected chi connectivity index (χ2v) is 3.74. The van der Waals surface area contributed by atoms with Gasteiger partial charge >= 0.3 is 0 Å². The van der Waals surface area contributed by atoms with Crippen molar-refractivity contribution in [3.05, 3.63) is 0 Å². The first-order valence-corrected chi connectivity index (χ1v) is 4.58. The van der Waals surface area contributed by atoms with Gasteiger partial charge in [0.05, 0.1) is 6.67 Å². The van der Waals surface area contributed by atoms with Crippen molar-refractivity contribution >= 4 is 0 Å². The molecule has 0 aromatic rings. The molecule has 1 saturated carbocycles. The minimum absolute atomic E-state index is 0.191. The summed E-state index contributed by atoms with van der Waals surface area (Å²) in [7, 11) is 0. The molecule has 0 atom stereocenters. The molecule has 0 aromatic carbocycles. The lowest BCUT2D eigenvalue weighted by Crippen LogP contribution is -2.40. The van der Waals surface area contributed by atoms with Crippen molar-refractivity contribution in [3.8, 4) is 0 Å². The maximum absolute atomic E-state index is 11.8. The Labute approximate surface area is 68.4 Å². The molecule has 0 saturated heterocycles. The van der Waals surface area contributed by atoms with Crippen molar-refractivity contribution in [1.29, 1.82) is 0 Å². The van der Waals surface area contributed by atoms with Gasteiger partial charge in [0.1, 0.15) is 0 Å². The summed E-state index contributed by atoms with van der Waals surface area (Å²) in [5.41, 5.74) is 0.329. The molecule has 1 aliphatic carbocycles. The van der Waals surface area contributed by atoms with Gasteiger partial charge in [0.2, 0.25) is 0 Å². The largest absolute Gasteiger partial charge is 0.311 e. The Hall–Kier alpha value is -0.110. The lowest BCUT2D eigenvalue weighted by Gasteiger charge is -2.24. The number of alkyl halides is 1. The van der Waals surface area contributed by atoms with Gasteiger partial charge in [-0.3, -0.25) is 4.39 Å². The lowest BCUT2D eigenvalue weighted by molar-refractivity contribution is 0.348. The van der Waals surface area contributed by atoms with Crippen LogP contribution in [-0.2, 0) is 0 Å². The van der Waals surface area contributed by atoms with Gasteiger partial charge in [0, 0.05) is 5.54 Å². The minimum Gasteiger partial charge on any atom is -0.311 e. The molecular weight excluding hydrogens is 141 g/mol. The highest BCUT2D eigenvalue weighted by atomic mass is 19.1. The Bertz CT molecular complexity index is 108. The van der Waals surface area contributed by atoms with E-state index in [1.54, 1.807) is 0 Å². The Balaban J connectivity index is 2.13. The van der Waals surface area contributed by atoms with E-state index in [0.717, 1.165) is 6.54 Å². The van der Waals surface area contributed by atoms with Crippen molar-refractivity contribution < 1.29 is 4.39 Å². The second-order valence-electron chi connectivity index (χ2n) is 3.74. The topological polar surface area (TPSA) is 12.0 Å². The van der Waals surface area contributed by atoms with Crippen LogP contribution < -0.4 is 5.32 Å². The normalized spacial score (nSPS) is 22.4. The van der Waals surface area contributed by atoms with Gasteiger partial charge < -0.3 is 5.32 Å². The lowest BCUT2D eigenvalue weighted by atomic mass is 10.0. The van der Waals surface area contributed by atoms with E-state index in [4.69, 9.17) is 0 Å². The molecule has 0 unspecified atom stereocenters. The number of rotatable bonds is 4. The predicted molar refractivity (Wildman–Crippen MR) is 45.5 cm³/mol. The van der Waals surface area contributed by atoms with E-state index in [-0.39, 0.29) is 6.67 Å². The molecule has 0 aliphatic heterocycles. The Morgan fingerprint density at radius 1 is 1.36 bits per heavy atom. The second kappa shape index (κ2) is 4.05. The molecule has 1 nitrogen and oxygen atoms in total. The number of hydrogen-bond donors (Lipinski definition) is 1. The van der Waals surface area contributed by atoms with Crippen molar-refractivity contribution in [2.24, 2.45) is 0 Å². The van der Waals surface area contributed by atoms with E-state index in [0.29, 0.717) is 12.0 Å². The fourth-order valence-electron chi connectivity index (χ4n) is 1.79. The predicted octanol–water partition coefficient (Wildman–Crippen LogP) is 2.27. The average Bonchev–Trinajstić information content (AvgIpc) is 2.38. The molecule has 0 spiro atoms. The van der Waals surface area contributed by atoms with E-state index in [1.165, 1.54) is 25.7 Å². The van der Waals surface area contributed by atoms with Crippen LogP contribution in [0.5, 0.6) is 0 Å². The van der Waals surface area contributed by atoms with E-state index < -0.39 is 0 Å². The average molecular weight is 159 g/mol. The highest BCUT2D eigenvalue weighted by molar-refractivity contribution is 4.87. The van der Waals surface area contributed by atoms with Gasteiger partial charge in [-0.2, -0.15) is 0 Å². The Morgan fingerprint density at radius 2 is 2.00 bits per heavy atom. The molecule has 1 fully saturated rings. The van der Waals surface area contributed by atoms with Gasteiger partial charge in [-0.05, 0) is 32.7 Å². The zero-order chi connectivity index (χ0) is 8.16. The fourth-order valence-corrected chi connectivity index (χ4v) is 1.79. The van der Waals surface area contributed by atoms with Crippen molar-refractivity contribution in [3.63, 3.8) is 0 Å². The first-order valence-electron chi connectivity index (χ1n) is 4.58. The van der Waals surface area contributed by atoms with Crippen molar-refractivity contribution in [1.82, 2.24) is 5.32 Å². The van der Waals surface area contributed by atoms with Crippen molar-refractivity contribution in [2.45, 2.75) is 44.6 Å². The van der Waals surface area contributed by atoms with Crippen LogP contribution in [0.25, 0.3) is 0 Å². The summed E-state index contributed by atoms with van der Waals surface area (Å²) < 4.78 is 11.8. The molecule has 0 aromatic heterocycles. The molecule has 1 aliphatic rings. The third-order valence-corrected chi connectivity index (χ3v) is 2.57. The van der Waals surface area contributed by atoms with E-state index in [2.05, 4.69) is 12.2 Å². The molecule has 0 bridgehead atoms. The molecule has 1 rings (SSSR count). The summed E-state index contributed by atoms with van der Waals surface area (Å²) in [4.78, 5) is 0. The van der Waals surface area contributed by atoms with Crippen LogP contribution in [0, 0.1) is 0 Å². The van der Waals surface area contributed by atoms with Crippen LogP contribution in [0.2, 0.25) is 0 Å². The van der Waals surface area contributed by atoms with Gasteiger partial charge in [-0.1, -0.05) is 12.8 Å². The third kappa shape index (κ3) is 2.78. The Morgan fingerprint density at radius 3 is 2.55 bits per heavy atom. The molecule has 0 heterocycles. The van der Waals surface area contributed by atoms with E-state index in [1.807, 2.05) is 0 Å². The van der Waals surface area contributed by atoms with Crippen LogP contribution in [0.4, 0.5) is 4.39 Å². The summed E-state index contributed by atoms with van der Waals surface area (Å²) in [6.07, 6.45) is 5.85. The molecule has 0 radical (unpaired) electrons. The summed E-state index contributed by atoms with van der Waals surface area (Å²) >= 11 is 0. The Kier molecular flexibility index (Phi) is 3.31. The monoisotopic (exact) mass is 159 g/mol. The molecule has 1 N–H and O–H groups in total. The van der Waals surface area contributed by atoms with Crippen LogP contribution >= 0.6 is 0 Å². The molecule has 2 heteroatoms. The zero-order valence-corrected chi connectivity index (χ0v) is 7.33. The molecule has 11 heavy (non-hydrogen) atoms. The molecule has 0 amide bonds. The SMILES string of the molecule is CC1(NCCCF)CCCC1. The van der Waals surface area contributed by atoms with Crippen LogP contribution in [0.1, 0.15) is 39.0 Å². The minimum atomic E-state index is -0.191. The van der Waals surface area contributed by atoms with Gasteiger partial charge in [0.25, 0.3) is 0 Å².